The van der Waals surface area contributed by atoms with Gasteiger partial charge in [0.05, 0.1) is 7.11 Å². The number of para-hydroxylation sites is 2. The fourth-order valence-corrected chi connectivity index (χ4v) is 3.63. The number of methoxy groups -OCH3 is 1. The number of benzene rings is 2. The number of aromatic nitrogens is 1. The van der Waals surface area contributed by atoms with Crippen LogP contribution in [0.3, 0.4) is 0 Å². The quantitative estimate of drug-likeness (QED) is 0.351. The van der Waals surface area contributed by atoms with Crippen molar-refractivity contribution in [2.45, 2.75) is 51.5 Å². The lowest BCUT2D eigenvalue weighted by molar-refractivity contribution is -0.157. The molecule has 0 spiro atoms. The van der Waals surface area contributed by atoms with Gasteiger partial charge in [-0.15, -0.1) is 0 Å². The molecule has 9 heteroatoms. The molecule has 0 unspecified atom stereocenters. The molecule has 0 aliphatic heterocycles. The van der Waals surface area contributed by atoms with Crippen molar-refractivity contribution >= 4 is 11.9 Å². The third-order valence-corrected chi connectivity index (χ3v) is 5.60. The fourth-order valence-electron chi connectivity index (χ4n) is 3.63. The van der Waals surface area contributed by atoms with Crippen molar-refractivity contribution in [1.29, 1.82) is 0 Å². The van der Waals surface area contributed by atoms with Crippen molar-refractivity contribution in [3.8, 4) is 23.0 Å². The maximum atomic E-state index is 12.9. The Bertz CT molecular complexity index is 1160. The van der Waals surface area contributed by atoms with E-state index in [0.717, 1.165) is 0 Å². The van der Waals surface area contributed by atoms with E-state index < -0.39 is 42.0 Å². The molecule has 37 heavy (non-hydrogen) atoms. The summed E-state index contributed by atoms with van der Waals surface area (Å²) < 4.78 is 23.1. The minimum absolute atomic E-state index is 0.0916. The zero-order valence-corrected chi connectivity index (χ0v) is 21.3. The van der Waals surface area contributed by atoms with Crippen molar-refractivity contribution in [3.05, 3.63) is 78.6 Å². The first-order valence-electron chi connectivity index (χ1n) is 12.0. The molecule has 0 aliphatic rings. The third kappa shape index (κ3) is 7.36. The van der Waals surface area contributed by atoms with E-state index in [1.54, 1.807) is 6.92 Å². The Morgan fingerprint density at radius 3 is 2.11 bits per heavy atom. The van der Waals surface area contributed by atoms with Gasteiger partial charge in [-0.25, -0.2) is 9.78 Å². The van der Waals surface area contributed by atoms with Gasteiger partial charge < -0.3 is 29.4 Å². The molecule has 0 aliphatic carbocycles. The highest BCUT2D eigenvalue weighted by atomic mass is 16.6. The number of rotatable bonds is 12. The smallest absolute Gasteiger partial charge is 0.328 e. The number of hydrogen-bond acceptors (Lipinski definition) is 8. The van der Waals surface area contributed by atoms with Gasteiger partial charge in [0.15, 0.2) is 23.3 Å². The standard InChI is InChI=1S/C28H32N2O7/c1-5-22(36-20-12-8-6-9-13-20)26(37-21-14-10-7-11-15-21)19(3)35-28(33)18(2)30-27(32)24-25(31)23(34-4)16-17-29-24/h6-19,22,26,31H,5H2,1-4H3,(H,30,32)/t18-,19-,22-,26-/m0/s1. The van der Waals surface area contributed by atoms with Gasteiger partial charge in [-0.2, -0.15) is 0 Å². The van der Waals surface area contributed by atoms with Gasteiger partial charge in [-0.3, -0.25) is 4.79 Å². The number of pyridine rings is 1. The van der Waals surface area contributed by atoms with Crippen molar-refractivity contribution in [2.75, 3.05) is 7.11 Å². The summed E-state index contributed by atoms with van der Waals surface area (Å²) in [5.74, 6) is -0.485. The molecule has 0 saturated heterocycles. The summed E-state index contributed by atoms with van der Waals surface area (Å²) in [6, 6.07) is 18.9. The second kappa shape index (κ2) is 13.2. The number of carbonyl (C=O) groups is 2. The summed E-state index contributed by atoms with van der Waals surface area (Å²) in [6.45, 7) is 5.15. The molecule has 2 aromatic carbocycles. The summed E-state index contributed by atoms with van der Waals surface area (Å²) in [7, 11) is 1.36. The maximum absolute atomic E-state index is 12.9. The van der Waals surface area contributed by atoms with Crippen molar-refractivity contribution in [1.82, 2.24) is 10.3 Å². The van der Waals surface area contributed by atoms with E-state index in [4.69, 9.17) is 18.9 Å². The molecule has 1 aromatic heterocycles. The first kappa shape index (κ1) is 27.3. The Morgan fingerprint density at radius 1 is 0.946 bits per heavy atom. The molecule has 3 aromatic rings. The number of esters is 1. The third-order valence-electron chi connectivity index (χ3n) is 5.60. The topological polar surface area (TPSA) is 116 Å². The summed E-state index contributed by atoms with van der Waals surface area (Å²) in [4.78, 5) is 29.4. The molecule has 4 atom stereocenters. The van der Waals surface area contributed by atoms with Crippen LogP contribution < -0.4 is 19.5 Å². The lowest BCUT2D eigenvalue weighted by atomic mass is 10.1. The van der Waals surface area contributed by atoms with Crippen molar-refractivity contribution in [2.24, 2.45) is 0 Å². The van der Waals surface area contributed by atoms with Gasteiger partial charge in [0.1, 0.15) is 29.7 Å². The molecule has 1 amide bonds. The molecular formula is C28H32N2O7. The van der Waals surface area contributed by atoms with Crippen LogP contribution >= 0.6 is 0 Å². The lowest BCUT2D eigenvalue weighted by Gasteiger charge is -2.32. The van der Waals surface area contributed by atoms with E-state index in [2.05, 4.69) is 10.3 Å². The molecule has 196 valence electrons. The highest BCUT2D eigenvalue weighted by Crippen LogP contribution is 2.27. The van der Waals surface area contributed by atoms with E-state index in [9.17, 15) is 14.7 Å². The number of ether oxygens (including phenoxy) is 4. The SMILES string of the molecule is CC[C@H](Oc1ccccc1)[C@@H](Oc1ccccc1)[C@H](C)OC(=O)[C@H](C)NC(=O)c1nccc(OC)c1O. The predicted octanol–water partition coefficient (Wildman–Crippen LogP) is 4.15. The highest BCUT2D eigenvalue weighted by Gasteiger charge is 2.34. The van der Waals surface area contributed by atoms with Crippen LogP contribution in [-0.2, 0) is 9.53 Å². The number of carbonyl (C=O) groups excluding carboxylic acids is 2. The largest absolute Gasteiger partial charge is 0.503 e. The summed E-state index contributed by atoms with van der Waals surface area (Å²) in [5.41, 5.74) is -0.264. The summed E-state index contributed by atoms with van der Waals surface area (Å²) in [6.07, 6.45) is 0.0871. The van der Waals surface area contributed by atoms with E-state index in [0.29, 0.717) is 17.9 Å². The average molecular weight is 509 g/mol. The van der Waals surface area contributed by atoms with Crippen LogP contribution in [0.2, 0.25) is 0 Å². The van der Waals surface area contributed by atoms with Crippen LogP contribution in [0.15, 0.2) is 72.9 Å². The number of nitrogens with zero attached hydrogens (tertiary/aromatic N) is 1. The summed E-state index contributed by atoms with van der Waals surface area (Å²) >= 11 is 0. The lowest BCUT2D eigenvalue weighted by Crippen LogP contribution is -2.48. The van der Waals surface area contributed by atoms with E-state index >= 15 is 0 Å². The maximum Gasteiger partial charge on any atom is 0.328 e. The van der Waals surface area contributed by atoms with Crippen LogP contribution in [0.25, 0.3) is 0 Å². The Hall–Kier alpha value is -4.27. The average Bonchev–Trinajstić information content (AvgIpc) is 2.91. The van der Waals surface area contributed by atoms with Gasteiger partial charge >= 0.3 is 5.97 Å². The highest BCUT2D eigenvalue weighted by molar-refractivity contribution is 5.97. The van der Waals surface area contributed by atoms with Crippen LogP contribution in [0.1, 0.15) is 37.7 Å². The molecule has 2 N–H and O–H groups in total. The molecular weight excluding hydrogens is 476 g/mol. The Labute approximate surface area is 216 Å². The zero-order valence-electron chi connectivity index (χ0n) is 21.3. The Balaban J connectivity index is 1.72. The van der Waals surface area contributed by atoms with Crippen LogP contribution in [0, 0.1) is 0 Å². The molecule has 0 bridgehead atoms. The van der Waals surface area contributed by atoms with Gasteiger partial charge in [0.2, 0.25) is 0 Å². The normalized spacial score (nSPS) is 13.9. The van der Waals surface area contributed by atoms with Gasteiger partial charge in [-0.05, 0) is 44.5 Å². The van der Waals surface area contributed by atoms with E-state index in [1.807, 2.05) is 67.6 Å². The van der Waals surface area contributed by atoms with Gasteiger partial charge in [0.25, 0.3) is 5.91 Å². The molecule has 1 heterocycles. The predicted molar refractivity (Wildman–Crippen MR) is 137 cm³/mol. The molecule has 0 saturated carbocycles. The first-order chi connectivity index (χ1) is 17.8. The number of hydrogen-bond donors (Lipinski definition) is 2. The minimum atomic E-state index is -1.03. The summed E-state index contributed by atoms with van der Waals surface area (Å²) in [5, 5.41) is 12.7. The van der Waals surface area contributed by atoms with Crippen LogP contribution in [0.4, 0.5) is 0 Å². The van der Waals surface area contributed by atoms with E-state index in [-0.39, 0.29) is 11.4 Å². The number of nitrogens with one attached hydrogen (secondary N) is 1. The second-order valence-corrected chi connectivity index (χ2v) is 8.32. The van der Waals surface area contributed by atoms with Crippen LogP contribution in [-0.4, -0.2) is 53.4 Å². The molecule has 0 fully saturated rings. The Morgan fingerprint density at radius 2 is 1.54 bits per heavy atom. The minimum Gasteiger partial charge on any atom is -0.503 e. The van der Waals surface area contributed by atoms with E-state index in [1.165, 1.54) is 26.3 Å². The van der Waals surface area contributed by atoms with Gasteiger partial charge in [0, 0.05) is 12.3 Å². The zero-order chi connectivity index (χ0) is 26.8. The fraction of sp³-hybridized carbons (Fsp3) is 0.321. The monoisotopic (exact) mass is 508 g/mol. The molecule has 3 rings (SSSR count). The van der Waals surface area contributed by atoms with Crippen molar-refractivity contribution < 1.29 is 33.6 Å². The van der Waals surface area contributed by atoms with Crippen molar-refractivity contribution in [3.63, 3.8) is 0 Å². The Kier molecular flexibility index (Phi) is 9.71. The van der Waals surface area contributed by atoms with Gasteiger partial charge in [-0.1, -0.05) is 43.3 Å². The second-order valence-electron chi connectivity index (χ2n) is 8.32. The van der Waals surface area contributed by atoms with Crippen LogP contribution in [0.5, 0.6) is 23.0 Å². The molecule has 0 radical (unpaired) electrons. The molecule has 9 nitrogen and oxygen atoms in total. The number of aromatic hydroxyl groups is 1. The first-order valence-corrected chi connectivity index (χ1v) is 12.0. The number of amides is 1.